The number of rotatable bonds is 5. The average Bonchev–Trinajstić information content (AvgIpc) is 2.25. The smallest absolute Gasteiger partial charge is 0.414 e. The monoisotopic (exact) mass is 294 g/mol. The normalized spacial score (nSPS) is 14.9. The second-order valence-corrected chi connectivity index (χ2v) is 4.79. The lowest BCUT2D eigenvalue weighted by Crippen LogP contribution is -2.29. The van der Waals surface area contributed by atoms with E-state index in [0.717, 1.165) is 14.2 Å². The van der Waals surface area contributed by atoms with Crippen molar-refractivity contribution in [1.29, 1.82) is 0 Å². The minimum absolute atomic E-state index is 0.0931. The van der Waals surface area contributed by atoms with Gasteiger partial charge in [-0.3, -0.25) is 9.59 Å². The number of carbonyl (C=O) groups is 2. The lowest BCUT2D eigenvalue weighted by atomic mass is 10.3. The van der Waals surface area contributed by atoms with Crippen LogP contribution in [0.1, 0.15) is 6.42 Å². The quantitative estimate of drug-likeness (QED) is 0.573. The number of hydrogen-bond acceptors (Lipinski definition) is 5. The number of hydrogen-bond donors (Lipinski definition) is 0. The van der Waals surface area contributed by atoms with Gasteiger partial charge in [-0.05, 0) is 0 Å². The van der Waals surface area contributed by atoms with Gasteiger partial charge in [0, 0.05) is 0 Å². The minimum Gasteiger partial charge on any atom is -0.469 e. The molecule has 100 valence electrons. The first-order chi connectivity index (χ1) is 7.72. The van der Waals surface area contributed by atoms with E-state index >= 15 is 0 Å². The fourth-order valence-electron chi connectivity index (χ4n) is 0.775. The van der Waals surface area contributed by atoms with Gasteiger partial charge in [-0.2, -0.15) is 13.2 Å². The minimum atomic E-state index is -4.67. The van der Waals surface area contributed by atoms with Crippen molar-refractivity contribution in [2.45, 2.75) is 22.6 Å². The van der Waals surface area contributed by atoms with E-state index in [4.69, 9.17) is 11.6 Å². The first kappa shape index (κ1) is 16.4. The Bertz CT molecular complexity index is 284. The summed E-state index contributed by atoms with van der Waals surface area (Å²) in [6.07, 6.45) is -5.21. The fraction of sp³-hybridized carbons (Fsp3) is 0.750. The van der Waals surface area contributed by atoms with Crippen LogP contribution in [-0.4, -0.2) is 42.3 Å². The maximum Gasteiger partial charge on any atom is 0.414 e. The van der Waals surface area contributed by atoms with E-state index < -0.39 is 34.5 Å². The van der Waals surface area contributed by atoms with Crippen LogP contribution >= 0.6 is 23.4 Å². The van der Waals surface area contributed by atoms with Crippen LogP contribution in [0.25, 0.3) is 0 Å². The number of carbonyl (C=O) groups excluding carboxylic acids is 2. The molecule has 4 nitrogen and oxygen atoms in total. The summed E-state index contributed by atoms with van der Waals surface area (Å²) in [5.74, 6) is -1.78. The Morgan fingerprint density at radius 2 is 1.82 bits per heavy atom. The lowest BCUT2D eigenvalue weighted by molar-refractivity contribution is -0.146. The van der Waals surface area contributed by atoms with Crippen molar-refractivity contribution in [3.8, 4) is 0 Å². The van der Waals surface area contributed by atoms with E-state index in [1.165, 1.54) is 0 Å². The van der Waals surface area contributed by atoms with E-state index in [2.05, 4.69) is 9.47 Å². The molecule has 17 heavy (non-hydrogen) atoms. The summed E-state index contributed by atoms with van der Waals surface area (Å²) in [7, 11) is 2.06. The number of alkyl halides is 4. The highest BCUT2D eigenvalue weighted by molar-refractivity contribution is 8.02. The van der Waals surface area contributed by atoms with Gasteiger partial charge in [0.15, 0.2) is 4.71 Å². The maximum absolute atomic E-state index is 12.2. The third-order valence-corrected chi connectivity index (χ3v) is 3.33. The molecule has 0 aliphatic carbocycles. The molecule has 0 aromatic carbocycles. The molecule has 0 aliphatic rings. The highest BCUT2D eigenvalue weighted by Gasteiger charge is 2.42. The van der Waals surface area contributed by atoms with Crippen molar-refractivity contribution >= 4 is 35.3 Å². The second kappa shape index (κ2) is 6.95. The molecule has 2 atom stereocenters. The highest BCUT2D eigenvalue weighted by atomic mass is 35.5. The molecule has 2 unspecified atom stereocenters. The molecule has 0 amide bonds. The number of halogens is 4. The van der Waals surface area contributed by atoms with Crippen LogP contribution in [0.5, 0.6) is 0 Å². The maximum atomic E-state index is 12.2. The largest absolute Gasteiger partial charge is 0.469 e. The average molecular weight is 295 g/mol. The van der Waals surface area contributed by atoms with E-state index in [1.54, 1.807) is 0 Å². The van der Waals surface area contributed by atoms with Crippen LogP contribution in [0.15, 0.2) is 0 Å². The predicted molar refractivity (Wildman–Crippen MR) is 55.7 cm³/mol. The molecule has 0 aromatic rings. The Balaban J connectivity index is 4.60. The Morgan fingerprint density at radius 1 is 1.29 bits per heavy atom. The molecule has 0 N–H and O–H groups in total. The third-order valence-electron chi connectivity index (χ3n) is 1.58. The predicted octanol–water partition coefficient (Wildman–Crippen LogP) is 1.95. The summed E-state index contributed by atoms with van der Waals surface area (Å²) in [5, 5.41) is -1.35. The standard InChI is InChI=1S/C8H10ClF3O4S/c1-15-5(13)3-4(6(14)16-2)17-7(9)8(10,11)12/h4,7H,3H2,1-2H3. The molecule has 0 aliphatic heterocycles. The van der Waals surface area contributed by atoms with Crippen LogP contribution in [0, 0.1) is 0 Å². The molecule has 0 rings (SSSR count). The summed E-state index contributed by atoms with van der Waals surface area (Å²) in [6, 6.07) is 0. The Hall–Kier alpha value is -0.630. The van der Waals surface area contributed by atoms with Gasteiger partial charge >= 0.3 is 18.1 Å². The third kappa shape index (κ3) is 6.02. The molecular formula is C8H10ClF3O4S. The summed E-state index contributed by atoms with van der Waals surface area (Å²) < 4.78 is 42.8. The van der Waals surface area contributed by atoms with Gasteiger partial charge in [-0.1, -0.05) is 0 Å². The van der Waals surface area contributed by atoms with Crippen molar-refractivity contribution in [1.82, 2.24) is 0 Å². The zero-order valence-electron chi connectivity index (χ0n) is 8.91. The summed E-state index contributed by atoms with van der Waals surface area (Å²) >= 11 is 5.15. The molecule has 0 radical (unpaired) electrons. The van der Waals surface area contributed by atoms with Gasteiger partial charge in [0.2, 0.25) is 0 Å². The first-order valence-corrected chi connectivity index (χ1v) is 5.61. The van der Waals surface area contributed by atoms with Gasteiger partial charge in [0.1, 0.15) is 5.25 Å². The van der Waals surface area contributed by atoms with Gasteiger partial charge in [-0.15, -0.1) is 23.4 Å². The molecule has 0 aromatic heterocycles. The van der Waals surface area contributed by atoms with Crippen LogP contribution in [0.3, 0.4) is 0 Å². The molecule has 9 heteroatoms. The number of ether oxygens (including phenoxy) is 2. The fourth-order valence-corrected chi connectivity index (χ4v) is 2.03. The summed E-state index contributed by atoms with van der Waals surface area (Å²) in [5.41, 5.74) is 0. The molecular weight excluding hydrogens is 285 g/mol. The van der Waals surface area contributed by atoms with Gasteiger partial charge < -0.3 is 9.47 Å². The molecule has 0 bridgehead atoms. The molecule has 0 saturated carbocycles. The molecule has 0 heterocycles. The van der Waals surface area contributed by atoms with Crippen LogP contribution in [0.2, 0.25) is 0 Å². The highest BCUT2D eigenvalue weighted by Crippen LogP contribution is 2.36. The van der Waals surface area contributed by atoms with E-state index in [1.807, 2.05) is 0 Å². The Morgan fingerprint density at radius 3 is 2.18 bits per heavy atom. The molecule has 0 saturated heterocycles. The Labute approximate surface area is 105 Å². The SMILES string of the molecule is COC(=O)CC(SC(Cl)C(F)(F)F)C(=O)OC. The van der Waals surface area contributed by atoms with E-state index in [9.17, 15) is 22.8 Å². The summed E-state index contributed by atoms with van der Waals surface area (Å²) in [4.78, 5) is 22.1. The van der Waals surface area contributed by atoms with E-state index in [-0.39, 0.29) is 11.8 Å². The Kier molecular flexibility index (Phi) is 6.69. The number of methoxy groups -OCH3 is 2. The van der Waals surface area contributed by atoms with Crippen LogP contribution in [-0.2, 0) is 19.1 Å². The number of thioether (sulfide) groups is 1. The van der Waals surface area contributed by atoms with E-state index in [0.29, 0.717) is 0 Å². The van der Waals surface area contributed by atoms with Crippen molar-refractivity contribution in [2.24, 2.45) is 0 Å². The van der Waals surface area contributed by atoms with Crippen molar-refractivity contribution in [2.75, 3.05) is 14.2 Å². The topological polar surface area (TPSA) is 52.6 Å². The summed E-state index contributed by atoms with van der Waals surface area (Å²) in [6.45, 7) is 0. The first-order valence-electron chi connectivity index (χ1n) is 4.23. The lowest BCUT2D eigenvalue weighted by Gasteiger charge is -2.18. The van der Waals surface area contributed by atoms with Crippen molar-refractivity contribution in [3.63, 3.8) is 0 Å². The second-order valence-electron chi connectivity index (χ2n) is 2.79. The van der Waals surface area contributed by atoms with Gasteiger partial charge in [0.05, 0.1) is 20.6 Å². The zero-order chi connectivity index (χ0) is 13.6. The van der Waals surface area contributed by atoms with Crippen LogP contribution < -0.4 is 0 Å². The van der Waals surface area contributed by atoms with Crippen molar-refractivity contribution in [3.05, 3.63) is 0 Å². The number of esters is 2. The van der Waals surface area contributed by atoms with Crippen molar-refractivity contribution < 1.29 is 32.2 Å². The molecule has 0 fully saturated rings. The van der Waals surface area contributed by atoms with Crippen LogP contribution in [0.4, 0.5) is 13.2 Å². The van der Waals surface area contributed by atoms with Gasteiger partial charge in [0.25, 0.3) is 0 Å². The molecule has 0 spiro atoms. The zero-order valence-corrected chi connectivity index (χ0v) is 10.5. The van der Waals surface area contributed by atoms with Gasteiger partial charge in [-0.25, -0.2) is 0 Å².